The molecule has 7 heteroatoms. The molecule has 0 atom stereocenters. The van der Waals surface area contributed by atoms with Crippen LogP contribution in [0.3, 0.4) is 0 Å². The first-order chi connectivity index (χ1) is 8.46. The number of aliphatic hydroxyl groups is 1. The third-order valence-electron chi connectivity index (χ3n) is 2.07. The molecule has 0 radical (unpaired) electrons. The molecule has 1 rings (SSSR count). The molecule has 0 amide bonds. The van der Waals surface area contributed by atoms with Gasteiger partial charge in [0.25, 0.3) is 5.92 Å². The second kappa shape index (κ2) is 6.15. The molecule has 0 aliphatic heterocycles. The predicted octanol–water partition coefficient (Wildman–Crippen LogP) is 1.05. The number of hydrogen-bond acceptors (Lipinski definition) is 3. The van der Waals surface area contributed by atoms with Gasteiger partial charge in [-0.2, -0.15) is 0 Å². The van der Waals surface area contributed by atoms with E-state index in [9.17, 15) is 8.78 Å². The maximum atomic E-state index is 12.7. The van der Waals surface area contributed by atoms with Crippen LogP contribution < -0.4 is 15.8 Å². The van der Waals surface area contributed by atoms with Crippen LogP contribution in [0.1, 0.15) is 0 Å². The lowest BCUT2D eigenvalue weighted by atomic mass is 10.3. The summed E-state index contributed by atoms with van der Waals surface area (Å²) in [5.74, 6) is -2.73. The minimum atomic E-state index is -3.26. The maximum Gasteiger partial charge on any atom is 0.289 e. The fraction of sp³-hybridized carbons (Fsp3) is 0.364. The molecule has 5 nitrogen and oxygen atoms in total. The molecular formula is C11H15F2N3O2. The molecule has 4 N–H and O–H groups in total. The van der Waals surface area contributed by atoms with E-state index in [0.717, 1.165) is 0 Å². The van der Waals surface area contributed by atoms with Gasteiger partial charge in [0.2, 0.25) is 0 Å². The summed E-state index contributed by atoms with van der Waals surface area (Å²) in [4.78, 5) is 3.45. The molecule has 1 aromatic rings. The van der Waals surface area contributed by atoms with Gasteiger partial charge in [0, 0.05) is 5.69 Å². The minimum absolute atomic E-state index is 0.145. The molecule has 0 aromatic heterocycles. The number of methoxy groups -OCH3 is 1. The number of halogens is 2. The zero-order valence-corrected chi connectivity index (χ0v) is 9.86. The number of anilines is 1. The topological polar surface area (TPSA) is 79.9 Å². The van der Waals surface area contributed by atoms with Crippen molar-refractivity contribution in [3.05, 3.63) is 24.3 Å². The van der Waals surface area contributed by atoms with Gasteiger partial charge < -0.3 is 20.9 Å². The summed E-state index contributed by atoms with van der Waals surface area (Å²) >= 11 is 0. The van der Waals surface area contributed by atoms with Crippen LogP contribution in [-0.2, 0) is 0 Å². The van der Waals surface area contributed by atoms with E-state index in [1.807, 2.05) is 0 Å². The quantitative estimate of drug-likeness (QED) is 0.545. The van der Waals surface area contributed by atoms with E-state index in [1.54, 1.807) is 24.3 Å². The zero-order chi connectivity index (χ0) is 13.6. The van der Waals surface area contributed by atoms with Crippen LogP contribution in [0.5, 0.6) is 5.75 Å². The summed E-state index contributed by atoms with van der Waals surface area (Å²) in [5.41, 5.74) is 6.03. The first kappa shape index (κ1) is 14.2. The number of nitrogens with one attached hydrogen (secondary N) is 1. The van der Waals surface area contributed by atoms with Crippen molar-refractivity contribution in [1.29, 1.82) is 0 Å². The number of rotatable bonds is 5. The van der Waals surface area contributed by atoms with Crippen molar-refractivity contribution >= 4 is 11.6 Å². The summed E-state index contributed by atoms with van der Waals surface area (Å²) in [6.45, 7) is -2.12. The molecule has 0 unspecified atom stereocenters. The summed E-state index contributed by atoms with van der Waals surface area (Å²) in [6, 6.07) is 6.73. The highest BCUT2D eigenvalue weighted by molar-refractivity contribution is 5.92. The Labute approximate surface area is 103 Å². The van der Waals surface area contributed by atoms with E-state index >= 15 is 0 Å². The zero-order valence-electron chi connectivity index (χ0n) is 9.86. The van der Waals surface area contributed by atoms with Crippen molar-refractivity contribution in [1.82, 2.24) is 0 Å². The van der Waals surface area contributed by atoms with Crippen molar-refractivity contribution in [2.75, 3.05) is 25.6 Å². The Bertz CT molecular complexity index is 407. The molecule has 18 heavy (non-hydrogen) atoms. The van der Waals surface area contributed by atoms with Gasteiger partial charge in [-0.05, 0) is 24.3 Å². The smallest absolute Gasteiger partial charge is 0.289 e. The van der Waals surface area contributed by atoms with Crippen molar-refractivity contribution in [2.24, 2.45) is 10.7 Å². The first-order valence-electron chi connectivity index (χ1n) is 5.16. The molecule has 0 aliphatic rings. The van der Waals surface area contributed by atoms with Crippen LogP contribution in [0, 0.1) is 0 Å². The molecular weight excluding hydrogens is 244 g/mol. The lowest BCUT2D eigenvalue weighted by Gasteiger charge is -2.11. The third-order valence-corrected chi connectivity index (χ3v) is 2.07. The molecule has 0 bridgehead atoms. The van der Waals surface area contributed by atoms with E-state index < -0.39 is 19.1 Å². The van der Waals surface area contributed by atoms with Gasteiger partial charge in [0.15, 0.2) is 5.96 Å². The van der Waals surface area contributed by atoms with E-state index in [2.05, 4.69) is 10.3 Å². The number of alkyl halides is 2. The Balaban J connectivity index is 2.58. The van der Waals surface area contributed by atoms with E-state index in [1.165, 1.54) is 7.11 Å². The minimum Gasteiger partial charge on any atom is -0.497 e. The van der Waals surface area contributed by atoms with Gasteiger partial charge >= 0.3 is 0 Å². The summed E-state index contributed by atoms with van der Waals surface area (Å²) in [6.07, 6.45) is 0. The molecule has 1 aromatic carbocycles. The fourth-order valence-corrected chi connectivity index (χ4v) is 1.11. The highest BCUT2D eigenvalue weighted by atomic mass is 19.3. The molecule has 100 valence electrons. The molecule has 0 fully saturated rings. The Hall–Kier alpha value is -1.89. The third kappa shape index (κ3) is 4.54. The first-order valence-corrected chi connectivity index (χ1v) is 5.16. The van der Waals surface area contributed by atoms with Crippen LogP contribution in [-0.4, -0.2) is 37.3 Å². The number of benzene rings is 1. The van der Waals surface area contributed by atoms with Crippen molar-refractivity contribution in [3.8, 4) is 5.75 Å². The molecule has 0 saturated carbocycles. The van der Waals surface area contributed by atoms with Crippen LogP contribution in [0.4, 0.5) is 14.5 Å². The fourth-order valence-electron chi connectivity index (χ4n) is 1.11. The molecule has 0 heterocycles. The van der Waals surface area contributed by atoms with E-state index in [4.69, 9.17) is 15.6 Å². The van der Waals surface area contributed by atoms with Crippen molar-refractivity contribution < 1.29 is 18.6 Å². The Morgan fingerprint density at radius 1 is 1.44 bits per heavy atom. The van der Waals surface area contributed by atoms with E-state index in [0.29, 0.717) is 11.4 Å². The monoisotopic (exact) mass is 259 g/mol. The number of aliphatic hydroxyl groups excluding tert-OH is 1. The van der Waals surface area contributed by atoms with Crippen LogP contribution >= 0.6 is 0 Å². The molecule has 0 spiro atoms. The molecule has 0 saturated heterocycles. The number of ether oxygens (including phenoxy) is 1. The average Bonchev–Trinajstić information content (AvgIpc) is 2.37. The van der Waals surface area contributed by atoms with Crippen LogP contribution in [0.15, 0.2) is 29.3 Å². The van der Waals surface area contributed by atoms with Gasteiger partial charge in [-0.25, -0.2) is 13.8 Å². The second-order valence-corrected chi connectivity index (χ2v) is 3.57. The number of guanidine groups is 1. The van der Waals surface area contributed by atoms with Gasteiger partial charge in [-0.3, -0.25) is 0 Å². The SMILES string of the molecule is COc1ccc(NC(N)=NCC(F)(F)CO)cc1. The lowest BCUT2D eigenvalue weighted by Crippen LogP contribution is -2.29. The number of nitrogens with zero attached hydrogens (tertiary/aromatic N) is 1. The number of aliphatic imine (C=N–C) groups is 1. The number of hydrogen-bond donors (Lipinski definition) is 3. The Kier molecular flexibility index (Phi) is 4.85. The Morgan fingerprint density at radius 3 is 2.56 bits per heavy atom. The van der Waals surface area contributed by atoms with Crippen molar-refractivity contribution in [3.63, 3.8) is 0 Å². The van der Waals surface area contributed by atoms with Gasteiger partial charge in [-0.15, -0.1) is 0 Å². The highest BCUT2D eigenvalue weighted by Crippen LogP contribution is 2.15. The van der Waals surface area contributed by atoms with Gasteiger partial charge in [-0.1, -0.05) is 0 Å². The maximum absolute atomic E-state index is 12.7. The van der Waals surface area contributed by atoms with Crippen molar-refractivity contribution in [2.45, 2.75) is 5.92 Å². The van der Waals surface area contributed by atoms with Crippen LogP contribution in [0.2, 0.25) is 0 Å². The standard InChI is InChI=1S/C11H15F2N3O2/c1-18-9-4-2-8(3-5-9)16-10(14)15-6-11(12,13)7-17/h2-5,17H,6-7H2,1H3,(H3,14,15,16). The lowest BCUT2D eigenvalue weighted by molar-refractivity contribution is -0.0404. The van der Waals surface area contributed by atoms with Crippen LogP contribution in [0.25, 0.3) is 0 Å². The van der Waals surface area contributed by atoms with Gasteiger partial charge in [0.1, 0.15) is 18.9 Å². The normalized spacial score (nSPS) is 12.3. The van der Waals surface area contributed by atoms with Gasteiger partial charge in [0.05, 0.1) is 7.11 Å². The summed E-state index contributed by atoms with van der Waals surface area (Å²) in [5, 5.41) is 11.0. The summed E-state index contributed by atoms with van der Waals surface area (Å²) < 4.78 is 30.4. The van der Waals surface area contributed by atoms with E-state index in [-0.39, 0.29) is 5.96 Å². The second-order valence-electron chi connectivity index (χ2n) is 3.57. The largest absolute Gasteiger partial charge is 0.497 e. The number of nitrogens with two attached hydrogens (primary N) is 1. The predicted molar refractivity (Wildman–Crippen MR) is 65.1 cm³/mol. The summed E-state index contributed by atoms with van der Waals surface area (Å²) in [7, 11) is 1.54. The Morgan fingerprint density at radius 2 is 2.06 bits per heavy atom. The average molecular weight is 259 g/mol. The molecule has 0 aliphatic carbocycles. The highest BCUT2D eigenvalue weighted by Gasteiger charge is 2.27.